The minimum absolute atomic E-state index is 0.804. The predicted molar refractivity (Wildman–Crippen MR) is 103 cm³/mol. The smallest absolute Gasteiger partial charge is 0.209 e. The van der Waals surface area contributed by atoms with Gasteiger partial charge in [0.15, 0.2) is 0 Å². The molecule has 0 fully saturated rings. The fourth-order valence-corrected chi connectivity index (χ4v) is 4.01. The van der Waals surface area contributed by atoms with Crippen LogP contribution >= 0.6 is 27.3 Å². The zero-order chi connectivity index (χ0) is 16.5. The van der Waals surface area contributed by atoms with Crippen LogP contribution in [0.15, 0.2) is 51.9 Å². The second-order valence-corrected chi connectivity index (χ2v) is 7.58. The molecule has 3 aromatic rings. The third kappa shape index (κ3) is 3.01. The SMILES string of the molecule is COc1ccc2c(c1)-c1nc(N=Cc3ccc(Br)cc3)sc1CC2. The van der Waals surface area contributed by atoms with Crippen molar-refractivity contribution in [2.24, 2.45) is 4.99 Å². The van der Waals surface area contributed by atoms with E-state index in [1.807, 2.05) is 36.5 Å². The Morgan fingerprint density at radius 2 is 2.00 bits per heavy atom. The summed E-state index contributed by atoms with van der Waals surface area (Å²) in [6, 6.07) is 14.3. The van der Waals surface area contributed by atoms with Crippen LogP contribution in [0.25, 0.3) is 11.3 Å². The zero-order valence-corrected chi connectivity index (χ0v) is 15.5. The summed E-state index contributed by atoms with van der Waals surface area (Å²) in [7, 11) is 1.69. The number of nitrogens with zero attached hydrogens (tertiary/aromatic N) is 2. The molecule has 1 aromatic heterocycles. The summed E-state index contributed by atoms with van der Waals surface area (Å²) in [5.41, 5.74) is 4.63. The first kappa shape index (κ1) is 15.5. The van der Waals surface area contributed by atoms with Crippen molar-refractivity contribution >= 4 is 38.6 Å². The van der Waals surface area contributed by atoms with Gasteiger partial charge in [-0.15, -0.1) is 0 Å². The highest BCUT2D eigenvalue weighted by Gasteiger charge is 2.21. The molecule has 1 heterocycles. The van der Waals surface area contributed by atoms with Gasteiger partial charge >= 0.3 is 0 Å². The van der Waals surface area contributed by atoms with Gasteiger partial charge in [0.1, 0.15) is 5.75 Å². The third-order valence-electron chi connectivity index (χ3n) is 4.07. The van der Waals surface area contributed by atoms with Gasteiger partial charge in [-0.2, -0.15) is 0 Å². The number of aryl methyl sites for hydroxylation is 2. The summed E-state index contributed by atoms with van der Waals surface area (Å²) in [6.07, 6.45) is 3.94. The van der Waals surface area contributed by atoms with Crippen molar-refractivity contribution in [1.29, 1.82) is 0 Å². The zero-order valence-electron chi connectivity index (χ0n) is 13.1. The maximum absolute atomic E-state index is 5.36. The van der Waals surface area contributed by atoms with Crippen LogP contribution in [0.2, 0.25) is 0 Å². The molecule has 120 valence electrons. The van der Waals surface area contributed by atoms with Crippen molar-refractivity contribution in [2.45, 2.75) is 12.8 Å². The lowest BCUT2D eigenvalue weighted by Gasteiger charge is -2.15. The molecule has 0 atom stereocenters. The number of rotatable bonds is 3. The molecule has 0 saturated heterocycles. The molecule has 0 amide bonds. The normalized spacial score (nSPS) is 12.9. The lowest BCUT2D eigenvalue weighted by atomic mass is 9.93. The molecule has 0 saturated carbocycles. The number of hydrogen-bond donors (Lipinski definition) is 0. The van der Waals surface area contributed by atoms with E-state index in [1.54, 1.807) is 18.4 Å². The van der Waals surface area contributed by atoms with Crippen LogP contribution in [0.4, 0.5) is 5.13 Å². The number of ether oxygens (including phenoxy) is 1. The number of methoxy groups -OCH3 is 1. The van der Waals surface area contributed by atoms with Crippen LogP contribution in [0.5, 0.6) is 5.75 Å². The van der Waals surface area contributed by atoms with E-state index >= 15 is 0 Å². The number of benzene rings is 2. The molecule has 0 N–H and O–H groups in total. The van der Waals surface area contributed by atoms with Gasteiger partial charge in [0.05, 0.1) is 12.8 Å². The Balaban J connectivity index is 1.67. The highest BCUT2D eigenvalue weighted by atomic mass is 79.9. The largest absolute Gasteiger partial charge is 0.497 e. The second-order valence-electron chi connectivity index (χ2n) is 5.60. The number of fused-ring (bicyclic) bond motifs is 3. The first-order valence-electron chi connectivity index (χ1n) is 7.69. The summed E-state index contributed by atoms with van der Waals surface area (Å²) < 4.78 is 6.42. The Morgan fingerprint density at radius 1 is 1.17 bits per heavy atom. The number of aliphatic imine (C=N–C) groups is 1. The van der Waals surface area contributed by atoms with Crippen molar-refractivity contribution in [1.82, 2.24) is 4.98 Å². The number of thiazole rings is 1. The first-order valence-corrected chi connectivity index (χ1v) is 9.30. The van der Waals surface area contributed by atoms with E-state index in [2.05, 4.69) is 33.1 Å². The van der Waals surface area contributed by atoms with E-state index in [-0.39, 0.29) is 0 Å². The maximum Gasteiger partial charge on any atom is 0.209 e. The van der Waals surface area contributed by atoms with Crippen molar-refractivity contribution in [2.75, 3.05) is 7.11 Å². The lowest BCUT2D eigenvalue weighted by Crippen LogP contribution is -2.02. The van der Waals surface area contributed by atoms with Crippen molar-refractivity contribution in [3.05, 3.63) is 62.9 Å². The lowest BCUT2D eigenvalue weighted by molar-refractivity contribution is 0.415. The Bertz CT molecular complexity index is 916. The molecule has 24 heavy (non-hydrogen) atoms. The Hall–Kier alpha value is -1.98. The first-order chi connectivity index (χ1) is 11.7. The summed E-state index contributed by atoms with van der Waals surface area (Å²) in [5.74, 6) is 0.870. The highest BCUT2D eigenvalue weighted by Crippen LogP contribution is 2.40. The van der Waals surface area contributed by atoms with Crippen molar-refractivity contribution < 1.29 is 4.74 Å². The minimum atomic E-state index is 0.804. The van der Waals surface area contributed by atoms with Crippen LogP contribution < -0.4 is 4.74 Å². The van der Waals surface area contributed by atoms with E-state index in [0.29, 0.717) is 0 Å². The molecule has 0 spiro atoms. The number of halogens is 1. The average Bonchev–Trinajstić information content (AvgIpc) is 3.04. The molecule has 5 heteroatoms. The van der Waals surface area contributed by atoms with Crippen molar-refractivity contribution in [3.8, 4) is 17.0 Å². The van der Waals surface area contributed by atoms with Crippen molar-refractivity contribution in [3.63, 3.8) is 0 Å². The summed E-state index contributed by atoms with van der Waals surface area (Å²) >= 11 is 5.12. The average molecular weight is 399 g/mol. The topological polar surface area (TPSA) is 34.5 Å². The molecule has 2 aromatic carbocycles. The molecule has 1 aliphatic carbocycles. The second kappa shape index (κ2) is 6.49. The molecular formula is C19H15BrN2OS. The standard InChI is InChI=1S/C19H15BrN2OS/c1-23-15-8-4-13-5-9-17-18(16(13)10-15)22-19(24-17)21-11-12-2-6-14(20)7-3-12/h2-4,6-8,10-11H,5,9H2,1H3. The van der Waals surface area contributed by atoms with Crippen LogP contribution in [0.1, 0.15) is 16.0 Å². The van der Waals surface area contributed by atoms with Gasteiger partial charge in [0.25, 0.3) is 0 Å². The quantitative estimate of drug-likeness (QED) is 0.551. The van der Waals surface area contributed by atoms with Gasteiger partial charge in [0.2, 0.25) is 5.13 Å². The van der Waals surface area contributed by atoms with Crippen LogP contribution in [0, 0.1) is 0 Å². The molecule has 4 rings (SSSR count). The van der Waals surface area contributed by atoms with Gasteiger partial charge in [-0.3, -0.25) is 0 Å². The molecule has 3 nitrogen and oxygen atoms in total. The number of aromatic nitrogens is 1. The van der Waals surface area contributed by atoms with Crippen LogP contribution in [-0.4, -0.2) is 18.3 Å². The summed E-state index contributed by atoms with van der Waals surface area (Å²) in [6.45, 7) is 0. The van der Waals surface area contributed by atoms with Crippen LogP contribution in [0.3, 0.4) is 0 Å². The molecule has 0 aliphatic heterocycles. The maximum atomic E-state index is 5.36. The molecule has 0 bridgehead atoms. The molecular weight excluding hydrogens is 384 g/mol. The molecule has 1 aliphatic rings. The van der Waals surface area contributed by atoms with Gasteiger partial charge in [0, 0.05) is 21.1 Å². The molecule has 0 radical (unpaired) electrons. The Morgan fingerprint density at radius 3 is 2.79 bits per heavy atom. The minimum Gasteiger partial charge on any atom is -0.497 e. The van der Waals surface area contributed by atoms with E-state index in [1.165, 1.54) is 16.0 Å². The third-order valence-corrected chi connectivity index (χ3v) is 5.63. The fraction of sp³-hybridized carbons (Fsp3) is 0.158. The number of hydrogen-bond acceptors (Lipinski definition) is 4. The Labute approximate surface area is 153 Å². The highest BCUT2D eigenvalue weighted by molar-refractivity contribution is 9.10. The van der Waals surface area contributed by atoms with E-state index in [0.717, 1.165) is 39.5 Å². The van der Waals surface area contributed by atoms with Crippen LogP contribution in [-0.2, 0) is 12.8 Å². The van der Waals surface area contributed by atoms with Gasteiger partial charge in [-0.1, -0.05) is 45.5 Å². The van der Waals surface area contributed by atoms with Gasteiger partial charge < -0.3 is 4.74 Å². The predicted octanol–water partition coefficient (Wildman–Crippen LogP) is 5.43. The van der Waals surface area contributed by atoms with E-state index < -0.39 is 0 Å². The summed E-state index contributed by atoms with van der Waals surface area (Å²) in [5, 5.41) is 0.804. The summed E-state index contributed by atoms with van der Waals surface area (Å²) in [4.78, 5) is 10.6. The fourth-order valence-electron chi connectivity index (χ4n) is 2.82. The van der Waals surface area contributed by atoms with Gasteiger partial charge in [-0.05, 0) is 48.2 Å². The molecule has 0 unspecified atom stereocenters. The van der Waals surface area contributed by atoms with Gasteiger partial charge in [-0.25, -0.2) is 9.98 Å². The van der Waals surface area contributed by atoms with E-state index in [9.17, 15) is 0 Å². The monoisotopic (exact) mass is 398 g/mol. The Kier molecular flexibility index (Phi) is 4.21. The van der Waals surface area contributed by atoms with E-state index in [4.69, 9.17) is 9.72 Å².